The zero-order valence-corrected chi connectivity index (χ0v) is 20.4. The predicted octanol–water partition coefficient (Wildman–Crippen LogP) is 2.83. The van der Waals surface area contributed by atoms with Gasteiger partial charge in [-0.1, -0.05) is 6.92 Å². The Balaban J connectivity index is 1.03. The monoisotopic (exact) mass is 467 g/mol. The number of rotatable bonds is 6. The third kappa shape index (κ3) is 4.33. The van der Waals surface area contributed by atoms with Crippen LogP contribution in [0.5, 0.6) is 0 Å². The Labute approximate surface area is 201 Å². The average Bonchev–Trinajstić information content (AvgIpc) is 3.30. The maximum Gasteiger partial charge on any atom is 0.177 e. The molecule has 2 saturated carbocycles. The third-order valence-corrected chi connectivity index (χ3v) is 8.36. The van der Waals surface area contributed by atoms with Gasteiger partial charge in [0.2, 0.25) is 0 Å². The first-order valence-electron chi connectivity index (χ1n) is 13.0. The van der Waals surface area contributed by atoms with E-state index in [1.807, 2.05) is 23.7 Å². The second-order valence-corrected chi connectivity index (χ2v) is 11.4. The lowest BCUT2D eigenvalue weighted by Crippen LogP contribution is -2.42. The quantitative estimate of drug-likeness (QED) is 0.669. The van der Waals surface area contributed by atoms with Crippen LogP contribution in [0.15, 0.2) is 12.1 Å². The van der Waals surface area contributed by atoms with Gasteiger partial charge in [-0.25, -0.2) is 4.98 Å². The van der Waals surface area contributed by atoms with Crippen LogP contribution in [-0.2, 0) is 4.74 Å². The minimum absolute atomic E-state index is 0.279. The molecule has 4 heterocycles. The highest BCUT2D eigenvalue weighted by molar-refractivity contribution is 5.38. The molecule has 9 nitrogen and oxygen atoms in total. The van der Waals surface area contributed by atoms with Crippen molar-refractivity contribution in [2.45, 2.75) is 88.9 Å². The van der Waals surface area contributed by atoms with Crippen molar-refractivity contribution < 1.29 is 9.84 Å². The molecule has 2 aliphatic heterocycles. The number of nitrogens with one attached hydrogen (secondary N) is 1. The highest BCUT2D eigenvalue weighted by Gasteiger charge is 2.50. The van der Waals surface area contributed by atoms with Crippen LogP contribution in [0.25, 0.3) is 5.82 Å². The Kier molecular flexibility index (Phi) is 5.61. The first-order chi connectivity index (χ1) is 16.4. The Morgan fingerprint density at radius 1 is 1.15 bits per heavy atom. The minimum Gasteiger partial charge on any atom is -0.389 e. The van der Waals surface area contributed by atoms with E-state index in [2.05, 4.69) is 37.4 Å². The molecule has 184 valence electrons. The van der Waals surface area contributed by atoms with E-state index in [0.29, 0.717) is 12.0 Å². The lowest BCUT2D eigenvalue weighted by molar-refractivity contribution is -0.0597. The second-order valence-electron chi connectivity index (χ2n) is 11.4. The van der Waals surface area contributed by atoms with Gasteiger partial charge in [-0.05, 0) is 75.8 Å². The fourth-order valence-corrected chi connectivity index (χ4v) is 6.27. The summed E-state index contributed by atoms with van der Waals surface area (Å²) in [6.45, 7) is 7.78. The maximum atomic E-state index is 10.6. The van der Waals surface area contributed by atoms with E-state index < -0.39 is 0 Å². The molecular weight excluding hydrogens is 430 g/mol. The highest BCUT2D eigenvalue weighted by Crippen LogP contribution is 2.42. The SMILES string of the molecule is Cc1nc(C2CC2)n(-c2ccc(NC3CCC(C)(CN4C[C@H](O)[C@@]5(CCCO5)C4)CC3)nn2)n1. The van der Waals surface area contributed by atoms with E-state index in [0.717, 1.165) is 75.2 Å². The molecule has 9 heteroatoms. The third-order valence-electron chi connectivity index (χ3n) is 8.36. The van der Waals surface area contributed by atoms with Crippen molar-refractivity contribution in [2.75, 3.05) is 31.6 Å². The summed E-state index contributed by atoms with van der Waals surface area (Å²) in [6.07, 6.45) is 8.64. The summed E-state index contributed by atoms with van der Waals surface area (Å²) in [4.78, 5) is 7.02. The molecule has 0 unspecified atom stereocenters. The van der Waals surface area contributed by atoms with Gasteiger partial charge < -0.3 is 15.2 Å². The molecule has 2 saturated heterocycles. The Bertz CT molecular complexity index is 1000. The van der Waals surface area contributed by atoms with E-state index in [1.54, 1.807) is 0 Å². The van der Waals surface area contributed by atoms with Crippen molar-refractivity contribution >= 4 is 5.82 Å². The smallest absolute Gasteiger partial charge is 0.177 e. The summed E-state index contributed by atoms with van der Waals surface area (Å²) < 4.78 is 7.84. The first kappa shape index (κ1) is 22.4. The number of aryl methyl sites for hydroxylation is 1. The molecule has 0 bridgehead atoms. The molecule has 2 atom stereocenters. The lowest BCUT2D eigenvalue weighted by atomic mass is 9.73. The van der Waals surface area contributed by atoms with Crippen LogP contribution in [0, 0.1) is 12.3 Å². The normalized spacial score (nSPS) is 34.2. The van der Waals surface area contributed by atoms with Gasteiger partial charge in [0.05, 0.1) is 6.10 Å². The van der Waals surface area contributed by atoms with Crippen molar-refractivity contribution in [1.82, 2.24) is 29.9 Å². The number of likely N-dealkylation sites (tertiary alicyclic amines) is 1. The number of aromatic nitrogens is 5. The number of aliphatic hydroxyl groups excluding tert-OH is 1. The van der Waals surface area contributed by atoms with Crippen molar-refractivity contribution in [3.05, 3.63) is 23.8 Å². The molecule has 0 radical (unpaired) electrons. The fourth-order valence-electron chi connectivity index (χ4n) is 6.27. The Morgan fingerprint density at radius 3 is 2.65 bits per heavy atom. The summed E-state index contributed by atoms with van der Waals surface area (Å²) >= 11 is 0. The molecule has 2 aliphatic carbocycles. The van der Waals surface area contributed by atoms with Crippen LogP contribution in [0.1, 0.15) is 75.9 Å². The second kappa shape index (κ2) is 8.53. The molecule has 0 aromatic carbocycles. The number of nitrogens with zero attached hydrogens (tertiary/aromatic N) is 6. The molecule has 2 aromatic rings. The number of hydrogen-bond donors (Lipinski definition) is 2. The Hall–Kier alpha value is -2.10. The van der Waals surface area contributed by atoms with Crippen LogP contribution >= 0.6 is 0 Å². The van der Waals surface area contributed by atoms with Gasteiger partial charge in [0.1, 0.15) is 23.1 Å². The zero-order chi connectivity index (χ0) is 23.3. The molecular formula is C25H37N7O2. The summed E-state index contributed by atoms with van der Waals surface area (Å²) in [7, 11) is 0. The van der Waals surface area contributed by atoms with Gasteiger partial charge in [-0.15, -0.1) is 15.3 Å². The van der Waals surface area contributed by atoms with Crippen LogP contribution in [-0.4, -0.2) is 79.0 Å². The zero-order valence-electron chi connectivity index (χ0n) is 20.4. The number of aliphatic hydroxyl groups is 1. The maximum absolute atomic E-state index is 10.6. The van der Waals surface area contributed by atoms with Crippen molar-refractivity contribution in [3.63, 3.8) is 0 Å². The number of hydrogen-bond acceptors (Lipinski definition) is 8. The van der Waals surface area contributed by atoms with Gasteiger partial charge in [-0.2, -0.15) is 4.68 Å². The molecule has 4 aliphatic rings. The Morgan fingerprint density at radius 2 is 1.97 bits per heavy atom. The topological polar surface area (TPSA) is 101 Å². The highest BCUT2D eigenvalue weighted by atomic mass is 16.5. The van der Waals surface area contributed by atoms with E-state index in [-0.39, 0.29) is 17.1 Å². The molecule has 0 amide bonds. The number of anilines is 1. The van der Waals surface area contributed by atoms with Crippen molar-refractivity contribution in [1.29, 1.82) is 0 Å². The van der Waals surface area contributed by atoms with Crippen molar-refractivity contribution in [3.8, 4) is 5.82 Å². The predicted molar refractivity (Wildman–Crippen MR) is 128 cm³/mol. The van der Waals surface area contributed by atoms with Gasteiger partial charge in [-0.3, -0.25) is 4.90 Å². The largest absolute Gasteiger partial charge is 0.389 e. The van der Waals surface area contributed by atoms with E-state index in [1.165, 1.54) is 25.7 Å². The lowest BCUT2D eigenvalue weighted by Gasteiger charge is -2.40. The first-order valence-corrected chi connectivity index (χ1v) is 13.0. The van der Waals surface area contributed by atoms with Gasteiger partial charge in [0, 0.05) is 38.2 Å². The molecule has 4 fully saturated rings. The van der Waals surface area contributed by atoms with Gasteiger partial charge >= 0.3 is 0 Å². The molecule has 34 heavy (non-hydrogen) atoms. The van der Waals surface area contributed by atoms with Crippen LogP contribution in [0.2, 0.25) is 0 Å². The van der Waals surface area contributed by atoms with Crippen LogP contribution in [0.4, 0.5) is 5.82 Å². The molecule has 2 N–H and O–H groups in total. The summed E-state index contributed by atoms with van der Waals surface area (Å²) in [5.74, 6) is 3.86. The van der Waals surface area contributed by atoms with E-state index in [9.17, 15) is 5.11 Å². The van der Waals surface area contributed by atoms with Crippen LogP contribution < -0.4 is 5.32 Å². The number of β-amino-alcohol motifs (C(OH)–C–C–N with tert-alkyl or cyclic N) is 1. The number of ether oxygens (including phenoxy) is 1. The summed E-state index contributed by atoms with van der Waals surface area (Å²) in [5, 5.41) is 27.6. The van der Waals surface area contributed by atoms with Crippen LogP contribution in [0.3, 0.4) is 0 Å². The van der Waals surface area contributed by atoms with Crippen molar-refractivity contribution in [2.24, 2.45) is 5.41 Å². The van der Waals surface area contributed by atoms with Gasteiger partial charge in [0.25, 0.3) is 0 Å². The fraction of sp³-hybridized carbons (Fsp3) is 0.760. The average molecular weight is 468 g/mol. The summed E-state index contributed by atoms with van der Waals surface area (Å²) in [6, 6.07) is 4.41. The summed E-state index contributed by atoms with van der Waals surface area (Å²) in [5.41, 5.74) is -0.0218. The van der Waals surface area contributed by atoms with E-state index in [4.69, 9.17) is 4.74 Å². The molecule has 6 rings (SSSR count). The van der Waals surface area contributed by atoms with E-state index >= 15 is 0 Å². The van der Waals surface area contributed by atoms with Gasteiger partial charge in [0.15, 0.2) is 5.82 Å². The standard InChI is InChI=1S/C25H37N7O2/c1-17-26-23(18-4-5-18)32(30-17)22-7-6-21(28-29-22)27-19-8-11-24(2,12-9-19)15-31-14-20(33)25(16-31)10-3-13-34-25/h6-7,18-20,33H,3-5,8-16H2,1-2H3,(H,27,28)/t19?,20-,24?,25+/m0/s1. The minimum atomic E-state index is -0.347. The molecule has 1 spiro atoms. The molecule has 2 aromatic heterocycles.